The number of rotatable bonds is 4. The fourth-order valence-corrected chi connectivity index (χ4v) is 2.34. The molecule has 0 radical (unpaired) electrons. The lowest BCUT2D eigenvalue weighted by molar-refractivity contribution is -0.125. The Morgan fingerprint density at radius 1 is 1.25 bits per heavy atom. The van der Waals surface area contributed by atoms with E-state index in [0.29, 0.717) is 18.7 Å². The molecule has 0 spiro atoms. The largest absolute Gasteiger partial charge is 0.443 e. The second kappa shape index (κ2) is 7.48. The predicted octanol–water partition coefficient (Wildman–Crippen LogP) is 2.17. The van der Waals surface area contributed by atoms with Crippen LogP contribution in [0.5, 0.6) is 0 Å². The maximum atomic E-state index is 12.8. The van der Waals surface area contributed by atoms with Crippen molar-refractivity contribution in [2.75, 3.05) is 12.0 Å². The minimum absolute atomic E-state index is 0.284. The van der Waals surface area contributed by atoms with Gasteiger partial charge in [0.1, 0.15) is 17.5 Å². The molecule has 1 heterocycles. The second-order valence-corrected chi connectivity index (χ2v) is 6.59. The van der Waals surface area contributed by atoms with E-state index >= 15 is 0 Å². The van der Waals surface area contributed by atoms with Crippen molar-refractivity contribution in [1.29, 1.82) is 0 Å². The van der Waals surface area contributed by atoms with Crippen LogP contribution in [0.2, 0.25) is 0 Å². The van der Waals surface area contributed by atoms with Gasteiger partial charge in [-0.3, -0.25) is 21.1 Å². The van der Waals surface area contributed by atoms with E-state index in [4.69, 9.17) is 4.74 Å². The average Bonchev–Trinajstić information content (AvgIpc) is 2.92. The van der Waals surface area contributed by atoms with Gasteiger partial charge >= 0.3 is 6.09 Å². The topological polar surface area (TPSA) is 82.7 Å². The summed E-state index contributed by atoms with van der Waals surface area (Å²) in [4.78, 5) is 24.1. The quantitative estimate of drug-likeness (QED) is 0.733. The van der Waals surface area contributed by atoms with Crippen LogP contribution in [0.15, 0.2) is 24.3 Å². The van der Waals surface area contributed by atoms with Gasteiger partial charge in [0.2, 0.25) is 0 Å². The zero-order valence-electron chi connectivity index (χ0n) is 14.1. The van der Waals surface area contributed by atoms with Gasteiger partial charge in [-0.15, -0.1) is 0 Å². The lowest BCUT2D eigenvalue weighted by Gasteiger charge is -2.26. The van der Waals surface area contributed by atoms with Crippen molar-refractivity contribution in [3.63, 3.8) is 0 Å². The van der Waals surface area contributed by atoms with Crippen LogP contribution in [0.25, 0.3) is 0 Å². The molecule has 1 atom stereocenters. The van der Waals surface area contributed by atoms with E-state index in [1.807, 2.05) is 0 Å². The highest BCUT2D eigenvalue weighted by Crippen LogP contribution is 2.16. The molecule has 0 bridgehead atoms. The Balaban J connectivity index is 1.86. The second-order valence-electron chi connectivity index (χ2n) is 6.59. The molecule has 2 amide bonds. The minimum atomic E-state index is -0.605. The third-order valence-corrected chi connectivity index (χ3v) is 3.36. The summed E-state index contributed by atoms with van der Waals surface area (Å²) in [5.74, 6) is -0.636. The number of nitrogens with zero attached hydrogens (tertiary/aromatic N) is 1. The summed E-state index contributed by atoms with van der Waals surface area (Å²) in [7, 11) is 0. The zero-order chi connectivity index (χ0) is 17.7. The molecule has 0 aliphatic carbocycles. The van der Waals surface area contributed by atoms with Crippen LogP contribution in [0.4, 0.5) is 14.9 Å². The first-order valence-corrected chi connectivity index (χ1v) is 7.82. The van der Waals surface area contributed by atoms with Gasteiger partial charge < -0.3 is 4.74 Å². The number of hydrazine groups is 2. The van der Waals surface area contributed by atoms with Crippen molar-refractivity contribution in [2.45, 2.75) is 45.3 Å². The Labute approximate surface area is 140 Å². The van der Waals surface area contributed by atoms with Crippen LogP contribution >= 0.6 is 0 Å². The number of carbonyl (C=O) groups is 2. The van der Waals surface area contributed by atoms with Crippen molar-refractivity contribution in [2.24, 2.45) is 0 Å². The first-order valence-electron chi connectivity index (χ1n) is 7.82. The highest BCUT2D eigenvalue weighted by atomic mass is 19.1. The Morgan fingerprint density at radius 2 is 1.92 bits per heavy atom. The van der Waals surface area contributed by atoms with E-state index < -0.39 is 17.7 Å². The number of benzene rings is 1. The summed E-state index contributed by atoms with van der Waals surface area (Å²) in [6.45, 7) is 5.88. The van der Waals surface area contributed by atoms with Gasteiger partial charge in [-0.2, -0.15) is 0 Å². The van der Waals surface area contributed by atoms with Gasteiger partial charge in [-0.1, -0.05) is 0 Å². The van der Waals surface area contributed by atoms with E-state index in [-0.39, 0.29) is 11.7 Å². The Morgan fingerprint density at radius 3 is 2.54 bits per heavy atom. The maximum Gasteiger partial charge on any atom is 0.422 e. The first kappa shape index (κ1) is 18.0. The Kier molecular flexibility index (Phi) is 5.61. The van der Waals surface area contributed by atoms with E-state index in [2.05, 4.69) is 16.3 Å². The molecule has 24 heavy (non-hydrogen) atoms. The molecule has 2 rings (SSSR count). The van der Waals surface area contributed by atoms with Gasteiger partial charge in [0.15, 0.2) is 0 Å². The molecule has 0 saturated carbocycles. The zero-order valence-corrected chi connectivity index (χ0v) is 14.1. The lowest BCUT2D eigenvalue weighted by atomic mass is 10.2. The number of hydrogen-bond donors (Lipinski definition) is 3. The molecule has 3 N–H and O–H groups in total. The lowest BCUT2D eigenvalue weighted by Crippen LogP contribution is -2.53. The van der Waals surface area contributed by atoms with Gasteiger partial charge in [0, 0.05) is 6.54 Å². The van der Waals surface area contributed by atoms with Crippen LogP contribution in [0, 0.1) is 5.82 Å². The molecule has 7 nitrogen and oxygen atoms in total. The summed E-state index contributed by atoms with van der Waals surface area (Å²) in [6, 6.07) is 5.12. The molecule has 1 unspecified atom stereocenters. The van der Waals surface area contributed by atoms with Gasteiger partial charge in [-0.25, -0.2) is 14.2 Å². The number of halogens is 1. The molecule has 1 aromatic rings. The number of amides is 2. The smallest absolute Gasteiger partial charge is 0.422 e. The third kappa shape index (κ3) is 5.38. The summed E-state index contributed by atoms with van der Waals surface area (Å²) in [5.41, 5.74) is 7.86. The summed E-state index contributed by atoms with van der Waals surface area (Å²) in [6.07, 6.45) is 0.811. The number of anilines is 1. The standard InChI is InChI=1S/C16H23FN4O3/c1-16(2,3)24-15(23)20-21-10-4-5-13(21)14(22)19-18-12-8-6-11(17)7-9-12/h6-9,13,18H,4-5,10H2,1-3H3,(H,19,22)(H,20,23). The first-order chi connectivity index (χ1) is 11.2. The monoisotopic (exact) mass is 338 g/mol. The van der Waals surface area contributed by atoms with Crippen LogP contribution < -0.4 is 16.3 Å². The van der Waals surface area contributed by atoms with Crippen LogP contribution in [0.1, 0.15) is 33.6 Å². The number of ether oxygens (including phenoxy) is 1. The van der Waals surface area contributed by atoms with Gasteiger partial charge in [-0.05, 0) is 57.9 Å². The van der Waals surface area contributed by atoms with Gasteiger partial charge in [0.25, 0.3) is 5.91 Å². The minimum Gasteiger partial charge on any atom is -0.443 e. The Bertz CT molecular complexity index is 586. The molecule has 132 valence electrons. The van der Waals surface area contributed by atoms with Crippen LogP contribution in [0.3, 0.4) is 0 Å². The van der Waals surface area contributed by atoms with E-state index in [9.17, 15) is 14.0 Å². The molecule has 8 heteroatoms. The fraction of sp³-hybridized carbons (Fsp3) is 0.500. The normalized spacial score (nSPS) is 18.1. The summed E-state index contributed by atoms with van der Waals surface area (Å²) in [5, 5.41) is 1.57. The van der Waals surface area contributed by atoms with E-state index in [1.165, 1.54) is 24.3 Å². The van der Waals surface area contributed by atoms with E-state index in [0.717, 1.165) is 6.42 Å². The fourth-order valence-electron chi connectivity index (χ4n) is 2.34. The highest BCUT2D eigenvalue weighted by molar-refractivity contribution is 5.83. The average molecular weight is 338 g/mol. The number of nitrogens with one attached hydrogen (secondary N) is 3. The van der Waals surface area contributed by atoms with Crippen LogP contribution in [-0.4, -0.2) is 35.2 Å². The van der Waals surface area contributed by atoms with Crippen molar-refractivity contribution in [3.05, 3.63) is 30.1 Å². The van der Waals surface area contributed by atoms with E-state index in [1.54, 1.807) is 25.8 Å². The molecular weight excluding hydrogens is 315 g/mol. The maximum absolute atomic E-state index is 12.8. The third-order valence-electron chi connectivity index (χ3n) is 3.36. The number of carbonyl (C=O) groups excluding carboxylic acids is 2. The van der Waals surface area contributed by atoms with Crippen molar-refractivity contribution in [3.8, 4) is 0 Å². The Hall–Kier alpha value is -2.35. The summed E-state index contributed by atoms with van der Waals surface area (Å²) < 4.78 is 18.0. The van der Waals surface area contributed by atoms with Crippen molar-refractivity contribution < 1.29 is 18.7 Å². The predicted molar refractivity (Wildman–Crippen MR) is 87.3 cm³/mol. The summed E-state index contributed by atoms with van der Waals surface area (Å²) >= 11 is 0. The SMILES string of the molecule is CC(C)(C)OC(=O)NN1CCCC1C(=O)NNc1ccc(F)cc1. The number of hydrogen-bond acceptors (Lipinski definition) is 5. The molecule has 1 aliphatic rings. The molecule has 0 aromatic heterocycles. The molecule has 1 fully saturated rings. The highest BCUT2D eigenvalue weighted by Gasteiger charge is 2.33. The molecular formula is C16H23FN4O3. The molecule has 1 aromatic carbocycles. The molecule has 1 aliphatic heterocycles. The van der Waals surface area contributed by atoms with Crippen molar-refractivity contribution >= 4 is 17.7 Å². The van der Waals surface area contributed by atoms with Gasteiger partial charge in [0.05, 0.1) is 5.69 Å². The van der Waals surface area contributed by atoms with Crippen LogP contribution in [-0.2, 0) is 9.53 Å². The molecule has 1 saturated heterocycles. The van der Waals surface area contributed by atoms with Crippen molar-refractivity contribution in [1.82, 2.24) is 15.9 Å².